The van der Waals surface area contributed by atoms with E-state index in [2.05, 4.69) is 4.74 Å². The summed E-state index contributed by atoms with van der Waals surface area (Å²) in [6, 6.07) is 0. The first-order chi connectivity index (χ1) is 7.15. The van der Waals surface area contributed by atoms with Crippen molar-refractivity contribution in [1.29, 1.82) is 0 Å². The van der Waals surface area contributed by atoms with E-state index in [-0.39, 0.29) is 18.8 Å². The maximum Gasteiger partial charge on any atom is 0.335 e. The number of aliphatic hydroxyl groups is 1. The molecule has 0 spiro atoms. The second-order valence-electron chi connectivity index (χ2n) is 3.44. The highest BCUT2D eigenvalue weighted by Gasteiger charge is 2.28. The van der Waals surface area contributed by atoms with Crippen molar-refractivity contribution in [3.8, 4) is 0 Å². The largest absolute Gasteiger partial charge is 0.464 e. The molecule has 0 aromatic carbocycles. The minimum atomic E-state index is -1.36. The summed E-state index contributed by atoms with van der Waals surface area (Å²) in [6.45, 7) is 2.42. The normalized spacial score (nSPS) is 22.4. The molecule has 0 saturated carbocycles. The number of carbonyl (C=O) groups excluding carboxylic acids is 2. The van der Waals surface area contributed by atoms with Crippen LogP contribution in [-0.2, 0) is 19.1 Å². The quantitative estimate of drug-likeness (QED) is 0.657. The standard InChI is InChI=1S/C10H16O5/c1-2-14-10(13)8(12)6-7(11)9-4-3-5-15-9/h8-9,12H,2-6H2,1H3. The SMILES string of the molecule is CCOC(=O)C(O)CC(=O)C1CCCO1. The number of Topliss-reactive ketones (excluding diaryl/α,β-unsaturated/α-hetero) is 1. The molecule has 1 saturated heterocycles. The number of ether oxygens (including phenoxy) is 2. The van der Waals surface area contributed by atoms with Crippen LogP contribution in [0.15, 0.2) is 0 Å². The van der Waals surface area contributed by atoms with Gasteiger partial charge in [0.25, 0.3) is 0 Å². The van der Waals surface area contributed by atoms with Gasteiger partial charge < -0.3 is 14.6 Å². The molecule has 5 heteroatoms. The summed E-state index contributed by atoms with van der Waals surface area (Å²) in [5.74, 6) is -0.975. The second kappa shape index (κ2) is 5.82. The van der Waals surface area contributed by atoms with Crippen LogP contribution in [0, 0.1) is 0 Å². The molecule has 1 fully saturated rings. The molecule has 1 aliphatic rings. The lowest BCUT2D eigenvalue weighted by atomic mass is 10.1. The fourth-order valence-electron chi connectivity index (χ4n) is 1.48. The van der Waals surface area contributed by atoms with Crippen LogP contribution >= 0.6 is 0 Å². The number of hydrogen-bond acceptors (Lipinski definition) is 5. The number of rotatable bonds is 5. The van der Waals surface area contributed by atoms with E-state index >= 15 is 0 Å². The van der Waals surface area contributed by atoms with Crippen molar-refractivity contribution < 1.29 is 24.2 Å². The smallest absolute Gasteiger partial charge is 0.335 e. The van der Waals surface area contributed by atoms with Crippen LogP contribution in [0.4, 0.5) is 0 Å². The first-order valence-corrected chi connectivity index (χ1v) is 5.14. The lowest BCUT2D eigenvalue weighted by Gasteiger charge is -2.11. The van der Waals surface area contributed by atoms with Crippen LogP contribution in [0.1, 0.15) is 26.2 Å². The van der Waals surface area contributed by atoms with Gasteiger partial charge in [-0.05, 0) is 19.8 Å². The molecule has 1 aliphatic heterocycles. The molecule has 0 aliphatic carbocycles. The van der Waals surface area contributed by atoms with Crippen molar-refractivity contribution in [1.82, 2.24) is 0 Å². The van der Waals surface area contributed by atoms with Crippen molar-refractivity contribution in [3.63, 3.8) is 0 Å². The molecule has 5 nitrogen and oxygen atoms in total. The van der Waals surface area contributed by atoms with Crippen LogP contribution < -0.4 is 0 Å². The van der Waals surface area contributed by atoms with Gasteiger partial charge in [-0.3, -0.25) is 4.79 Å². The monoisotopic (exact) mass is 216 g/mol. The Morgan fingerprint density at radius 2 is 2.33 bits per heavy atom. The summed E-state index contributed by atoms with van der Waals surface area (Å²) in [5, 5.41) is 9.33. The van der Waals surface area contributed by atoms with Crippen LogP contribution in [-0.4, -0.2) is 42.3 Å². The van der Waals surface area contributed by atoms with Gasteiger partial charge in [0.2, 0.25) is 0 Å². The molecule has 0 aromatic heterocycles. The molecule has 2 atom stereocenters. The Morgan fingerprint density at radius 1 is 1.60 bits per heavy atom. The predicted molar refractivity (Wildman–Crippen MR) is 51.2 cm³/mol. The molecular weight excluding hydrogens is 200 g/mol. The third-order valence-corrected chi connectivity index (χ3v) is 2.24. The van der Waals surface area contributed by atoms with E-state index in [0.717, 1.165) is 6.42 Å². The summed E-state index contributed by atoms with van der Waals surface area (Å²) >= 11 is 0. The average molecular weight is 216 g/mol. The third kappa shape index (κ3) is 3.60. The Labute approximate surface area is 88.4 Å². The Kier molecular flexibility index (Phi) is 4.71. The summed E-state index contributed by atoms with van der Waals surface area (Å²) < 4.78 is 9.73. The molecule has 1 heterocycles. The zero-order chi connectivity index (χ0) is 11.3. The summed E-state index contributed by atoms with van der Waals surface area (Å²) in [7, 11) is 0. The van der Waals surface area contributed by atoms with Gasteiger partial charge in [-0.25, -0.2) is 4.79 Å². The molecule has 0 amide bonds. The van der Waals surface area contributed by atoms with Gasteiger partial charge in [0.15, 0.2) is 11.9 Å². The summed E-state index contributed by atoms with van der Waals surface area (Å²) in [4.78, 5) is 22.5. The van der Waals surface area contributed by atoms with Gasteiger partial charge >= 0.3 is 5.97 Å². The van der Waals surface area contributed by atoms with E-state index < -0.39 is 18.2 Å². The van der Waals surface area contributed by atoms with Gasteiger partial charge in [-0.2, -0.15) is 0 Å². The predicted octanol–water partition coefficient (Wildman–Crippen LogP) is 0.0486. The van der Waals surface area contributed by atoms with Gasteiger partial charge in [-0.1, -0.05) is 0 Å². The van der Waals surface area contributed by atoms with Crippen LogP contribution in [0.25, 0.3) is 0 Å². The molecule has 1 N–H and O–H groups in total. The van der Waals surface area contributed by atoms with Gasteiger partial charge in [0.05, 0.1) is 6.61 Å². The average Bonchev–Trinajstić information content (AvgIpc) is 2.70. The van der Waals surface area contributed by atoms with E-state index in [1.165, 1.54) is 0 Å². The molecule has 0 radical (unpaired) electrons. The van der Waals surface area contributed by atoms with Crippen molar-refractivity contribution in [2.75, 3.05) is 13.2 Å². The lowest BCUT2D eigenvalue weighted by Crippen LogP contribution is -2.30. The fourth-order valence-corrected chi connectivity index (χ4v) is 1.48. The van der Waals surface area contributed by atoms with E-state index in [0.29, 0.717) is 13.0 Å². The molecule has 0 bridgehead atoms. The second-order valence-corrected chi connectivity index (χ2v) is 3.44. The summed E-state index contributed by atoms with van der Waals surface area (Å²) in [6.07, 6.45) is -0.500. The number of carbonyl (C=O) groups is 2. The Morgan fingerprint density at radius 3 is 2.87 bits per heavy atom. The highest BCUT2D eigenvalue weighted by atomic mass is 16.5. The lowest BCUT2D eigenvalue weighted by molar-refractivity contribution is -0.155. The van der Waals surface area contributed by atoms with Crippen LogP contribution in [0.2, 0.25) is 0 Å². The maximum atomic E-state index is 11.5. The van der Waals surface area contributed by atoms with E-state index in [9.17, 15) is 14.7 Å². The van der Waals surface area contributed by atoms with Gasteiger partial charge in [0.1, 0.15) is 6.10 Å². The highest BCUT2D eigenvalue weighted by Crippen LogP contribution is 2.15. The van der Waals surface area contributed by atoms with E-state index in [1.807, 2.05) is 0 Å². The molecule has 0 aromatic rings. The van der Waals surface area contributed by atoms with E-state index in [1.54, 1.807) is 6.92 Å². The van der Waals surface area contributed by atoms with Crippen molar-refractivity contribution in [3.05, 3.63) is 0 Å². The molecular formula is C10H16O5. The van der Waals surface area contributed by atoms with Crippen LogP contribution in [0.3, 0.4) is 0 Å². The zero-order valence-corrected chi connectivity index (χ0v) is 8.77. The minimum Gasteiger partial charge on any atom is -0.464 e. The van der Waals surface area contributed by atoms with Crippen molar-refractivity contribution >= 4 is 11.8 Å². The Balaban J connectivity index is 2.33. The molecule has 1 rings (SSSR count). The number of esters is 1. The number of ketones is 1. The Bertz CT molecular complexity index is 232. The molecule has 15 heavy (non-hydrogen) atoms. The maximum absolute atomic E-state index is 11.5. The zero-order valence-electron chi connectivity index (χ0n) is 8.77. The van der Waals surface area contributed by atoms with Crippen LogP contribution in [0.5, 0.6) is 0 Å². The topological polar surface area (TPSA) is 72.8 Å². The fraction of sp³-hybridized carbons (Fsp3) is 0.800. The molecule has 86 valence electrons. The number of hydrogen-bond donors (Lipinski definition) is 1. The minimum absolute atomic E-state index is 0.198. The van der Waals surface area contributed by atoms with Gasteiger partial charge in [-0.15, -0.1) is 0 Å². The van der Waals surface area contributed by atoms with Gasteiger partial charge in [0, 0.05) is 13.0 Å². The Hall–Kier alpha value is -0.940. The van der Waals surface area contributed by atoms with E-state index in [4.69, 9.17) is 4.74 Å². The third-order valence-electron chi connectivity index (χ3n) is 2.24. The van der Waals surface area contributed by atoms with Crippen molar-refractivity contribution in [2.24, 2.45) is 0 Å². The molecule has 2 unspecified atom stereocenters. The highest BCUT2D eigenvalue weighted by molar-refractivity contribution is 5.88. The number of aliphatic hydroxyl groups excluding tert-OH is 1. The van der Waals surface area contributed by atoms with Crippen molar-refractivity contribution in [2.45, 2.75) is 38.4 Å². The first-order valence-electron chi connectivity index (χ1n) is 5.14. The summed E-state index contributed by atoms with van der Waals surface area (Å²) in [5.41, 5.74) is 0. The first kappa shape index (κ1) is 12.1.